The van der Waals surface area contributed by atoms with Gasteiger partial charge >= 0.3 is 6.03 Å². The summed E-state index contributed by atoms with van der Waals surface area (Å²) in [6, 6.07) is 14.6. The quantitative estimate of drug-likeness (QED) is 0.233. The van der Waals surface area contributed by atoms with Crippen LogP contribution in [0.25, 0.3) is 6.08 Å². The van der Waals surface area contributed by atoms with Crippen LogP contribution in [0.5, 0.6) is 11.5 Å². The molecule has 0 aromatic heterocycles. The number of imide groups is 2. The summed E-state index contributed by atoms with van der Waals surface area (Å²) in [4.78, 5) is 38.5. The molecule has 0 saturated carbocycles. The van der Waals surface area contributed by atoms with Crippen LogP contribution < -0.4 is 19.7 Å². The van der Waals surface area contributed by atoms with Gasteiger partial charge in [0, 0.05) is 5.02 Å². The van der Waals surface area contributed by atoms with Crippen LogP contribution >= 0.6 is 34.2 Å². The van der Waals surface area contributed by atoms with E-state index in [1.807, 2.05) is 12.1 Å². The molecule has 1 N–H and O–H groups in total. The number of amides is 4. The van der Waals surface area contributed by atoms with Crippen molar-refractivity contribution in [2.24, 2.45) is 0 Å². The Morgan fingerprint density at radius 3 is 2.51 bits per heavy atom. The fourth-order valence-electron chi connectivity index (χ4n) is 3.37. The van der Waals surface area contributed by atoms with Crippen LogP contribution in [0.2, 0.25) is 5.02 Å². The Balaban J connectivity index is 1.64. The van der Waals surface area contributed by atoms with Crippen molar-refractivity contribution in [2.45, 2.75) is 6.61 Å². The van der Waals surface area contributed by atoms with Crippen molar-refractivity contribution in [3.63, 3.8) is 0 Å². The number of hydrogen-bond donors (Lipinski definition) is 1. The minimum atomic E-state index is -0.958. The van der Waals surface area contributed by atoms with E-state index in [1.165, 1.54) is 31.4 Å². The van der Waals surface area contributed by atoms with E-state index >= 15 is 0 Å². The summed E-state index contributed by atoms with van der Waals surface area (Å²) in [6.45, 7) is 0.273. The van der Waals surface area contributed by atoms with E-state index in [-0.39, 0.29) is 17.9 Å². The van der Waals surface area contributed by atoms with Crippen LogP contribution in [0.4, 0.5) is 14.9 Å². The fourth-order valence-corrected chi connectivity index (χ4v) is 4.28. The summed E-state index contributed by atoms with van der Waals surface area (Å²) < 4.78 is 25.7. The van der Waals surface area contributed by atoms with Crippen LogP contribution in [0.15, 0.2) is 66.2 Å². The van der Waals surface area contributed by atoms with Gasteiger partial charge < -0.3 is 9.47 Å². The lowest BCUT2D eigenvalue weighted by molar-refractivity contribution is -0.122. The molecule has 1 saturated heterocycles. The zero-order chi connectivity index (χ0) is 25.1. The Labute approximate surface area is 218 Å². The molecule has 1 aliphatic heterocycles. The summed E-state index contributed by atoms with van der Waals surface area (Å²) in [5.74, 6) is -1.48. The summed E-state index contributed by atoms with van der Waals surface area (Å²) >= 11 is 7.98. The number of methoxy groups -OCH3 is 1. The largest absolute Gasteiger partial charge is 0.493 e. The first kappa shape index (κ1) is 24.7. The van der Waals surface area contributed by atoms with E-state index in [0.29, 0.717) is 30.6 Å². The maximum atomic E-state index is 13.7. The van der Waals surface area contributed by atoms with Gasteiger partial charge in [-0.3, -0.25) is 14.9 Å². The molecular weight excluding hydrogens is 590 g/mol. The maximum Gasteiger partial charge on any atom is 0.335 e. The number of halogens is 3. The van der Waals surface area contributed by atoms with Crippen LogP contribution in [-0.4, -0.2) is 25.0 Å². The van der Waals surface area contributed by atoms with Crippen molar-refractivity contribution in [3.05, 3.63) is 91.8 Å². The van der Waals surface area contributed by atoms with Gasteiger partial charge in [-0.2, -0.15) is 0 Å². The van der Waals surface area contributed by atoms with Gasteiger partial charge in [0.05, 0.1) is 16.4 Å². The summed E-state index contributed by atoms with van der Waals surface area (Å²) in [6.07, 6.45) is 1.34. The normalized spacial score (nSPS) is 14.8. The van der Waals surface area contributed by atoms with Crippen LogP contribution in [-0.2, 0) is 16.2 Å². The molecule has 0 atom stereocenters. The molecule has 7 nitrogen and oxygen atoms in total. The highest BCUT2D eigenvalue weighted by molar-refractivity contribution is 14.1. The minimum absolute atomic E-state index is 0.00371. The number of nitrogens with one attached hydrogen (secondary N) is 1. The predicted octanol–water partition coefficient (Wildman–Crippen LogP) is 5.34. The first-order valence-electron chi connectivity index (χ1n) is 10.2. The Kier molecular flexibility index (Phi) is 7.37. The highest BCUT2D eigenvalue weighted by Crippen LogP contribution is 2.35. The Morgan fingerprint density at radius 1 is 1.09 bits per heavy atom. The van der Waals surface area contributed by atoms with Gasteiger partial charge in [0.25, 0.3) is 11.8 Å². The topological polar surface area (TPSA) is 84.9 Å². The summed E-state index contributed by atoms with van der Waals surface area (Å²) in [5, 5.41) is 2.74. The second kappa shape index (κ2) is 10.4. The zero-order valence-corrected chi connectivity index (χ0v) is 21.1. The van der Waals surface area contributed by atoms with Gasteiger partial charge in [-0.25, -0.2) is 14.1 Å². The fraction of sp³-hybridized carbons (Fsp3) is 0.0800. The molecule has 4 amide bonds. The van der Waals surface area contributed by atoms with Crippen molar-refractivity contribution >= 4 is 63.8 Å². The summed E-state index contributed by atoms with van der Waals surface area (Å²) in [7, 11) is 1.47. The molecule has 4 rings (SSSR count). The summed E-state index contributed by atoms with van der Waals surface area (Å²) in [5.41, 5.74) is 1.09. The number of hydrogen-bond acceptors (Lipinski definition) is 5. The van der Waals surface area contributed by atoms with Crippen LogP contribution in [0.1, 0.15) is 11.1 Å². The number of carbonyl (C=O) groups excluding carboxylic acids is 3. The Morgan fingerprint density at radius 2 is 1.83 bits per heavy atom. The smallest absolute Gasteiger partial charge is 0.335 e. The Hall–Kier alpha value is -3.44. The number of carbonyl (C=O) groups is 3. The second-order valence-corrected chi connectivity index (χ2v) is 8.99. The van der Waals surface area contributed by atoms with E-state index in [4.69, 9.17) is 21.1 Å². The zero-order valence-electron chi connectivity index (χ0n) is 18.2. The molecule has 0 bridgehead atoms. The highest BCUT2D eigenvalue weighted by atomic mass is 127. The van der Waals surface area contributed by atoms with Crippen molar-refractivity contribution in [3.8, 4) is 11.5 Å². The molecule has 35 heavy (non-hydrogen) atoms. The van der Waals surface area contributed by atoms with Crippen LogP contribution in [0.3, 0.4) is 0 Å². The highest BCUT2D eigenvalue weighted by Gasteiger charge is 2.37. The Bertz CT molecular complexity index is 1360. The van der Waals surface area contributed by atoms with Crippen LogP contribution in [0, 0.1) is 9.39 Å². The third-order valence-electron chi connectivity index (χ3n) is 5.03. The number of urea groups is 1. The SMILES string of the molecule is COc1cc(/C=C2/C(=O)NC(=O)N(c3cccc(F)c3)C2=O)cc(I)c1OCc1ccc(Cl)cc1. The van der Waals surface area contributed by atoms with Crippen molar-refractivity contribution in [1.82, 2.24) is 5.32 Å². The second-order valence-electron chi connectivity index (χ2n) is 7.39. The minimum Gasteiger partial charge on any atom is -0.493 e. The molecule has 10 heteroatoms. The molecule has 178 valence electrons. The molecule has 1 aliphatic rings. The van der Waals surface area contributed by atoms with Crippen molar-refractivity contribution in [2.75, 3.05) is 12.0 Å². The average Bonchev–Trinajstić information content (AvgIpc) is 2.82. The van der Waals surface area contributed by atoms with E-state index in [9.17, 15) is 18.8 Å². The number of nitrogens with zero attached hydrogens (tertiary/aromatic N) is 1. The van der Waals surface area contributed by atoms with E-state index in [2.05, 4.69) is 27.9 Å². The number of rotatable bonds is 6. The predicted molar refractivity (Wildman–Crippen MR) is 137 cm³/mol. The molecular formula is C25H17ClFIN2O5. The number of benzene rings is 3. The number of barbiturate groups is 1. The lowest BCUT2D eigenvalue weighted by Crippen LogP contribution is -2.54. The van der Waals surface area contributed by atoms with E-state index in [1.54, 1.807) is 24.3 Å². The number of ether oxygens (including phenoxy) is 2. The molecule has 3 aromatic carbocycles. The first-order valence-corrected chi connectivity index (χ1v) is 11.6. The monoisotopic (exact) mass is 606 g/mol. The third kappa shape index (κ3) is 5.46. The van der Waals surface area contributed by atoms with Crippen molar-refractivity contribution < 1.29 is 28.2 Å². The van der Waals surface area contributed by atoms with E-state index in [0.717, 1.165) is 11.6 Å². The van der Waals surface area contributed by atoms with Gasteiger partial charge in [-0.05, 0) is 82.3 Å². The molecule has 3 aromatic rings. The van der Waals surface area contributed by atoms with Crippen molar-refractivity contribution in [1.29, 1.82) is 0 Å². The molecule has 0 spiro atoms. The van der Waals surface area contributed by atoms with Gasteiger partial charge in [0.2, 0.25) is 0 Å². The molecule has 0 unspecified atom stereocenters. The lowest BCUT2D eigenvalue weighted by Gasteiger charge is -2.26. The van der Waals surface area contributed by atoms with E-state index < -0.39 is 23.7 Å². The third-order valence-corrected chi connectivity index (χ3v) is 6.08. The van der Waals surface area contributed by atoms with Gasteiger partial charge in [0.1, 0.15) is 18.0 Å². The standard InChI is InChI=1S/C25H17ClFIN2O5/c1-34-21-11-15(10-20(28)22(21)35-13-14-5-7-16(26)8-6-14)9-19-23(31)29-25(33)30(24(19)32)18-4-2-3-17(27)12-18/h2-12H,13H2,1H3,(H,29,31,33)/b19-9-. The van der Waals surface area contributed by atoms with Gasteiger partial charge in [-0.15, -0.1) is 0 Å². The molecule has 0 radical (unpaired) electrons. The van der Waals surface area contributed by atoms with Gasteiger partial charge in [0.15, 0.2) is 11.5 Å². The lowest BCUT2D eigenvalue weighted by atomic mass is 10.1. The van der Waals surface area contributed by atoms with Gasteiger partial charge in [-0.1, -0.05) is 29.8 Å². The first-order chi connectivity index (χ1) is 16.8. The average molecular weight is 607 g/mol. The molecule has 1 fully saturated rings. The molecule has 1 heterocycles. The molecule has 0 aliphatic carbocycles. The maximum absolute atomic E-state index is 13.7. The number of anilines is 1.